The van der Waals surface area contributed by atoms with Crippen LogP contribution in [0.5, 0.6) is 17.2 Å². The summed E-state index contributed by atoms with van der Waals surface area (Å²) in [6, 6.07) is 25.9. The summed E-state index contributed by atoms with van der Waals surface area (Å²) in [6.07, 6.45) is 2.24. The number of benzene rings is 3. The molecule has 0 spiro atoms. The Labute approximate surface area is 182 Å². The van der Waals surface area contributed by atoms with Crippen LogP contribution < -0.4 is 14.2 Å². The van der Waals surface area contributed by atoms with Crippen molar-refractivity contribution >= 4 is 0 Å². The number of aromatic nitrogens is 2. The summed E-state index contributed by atoms with van der Waals surface area (Å²) in [7, 11) is 3.31. The van der Waals surface area contributed by atoms with E-state index < -0.39 is 0 Å². The summed E-state index contributed by atoms with van der Waals surface area (Å²) in [6.45, 7) is 0.491. The van der Waals surface area contributed by atoms with Crippen LogP contribution >= 0.6 is 0 Å². The van der Waals surface area contributed by atoms with Crippen molar-refractivity contribution in [3.63, 3.8) is 0 Å². The van der Waals surface area contributed by atoms with E-state index in [4.69, 9.17) is 14.2 Å². The van der Waals surface area contributed by atoms with E-state index in [1.54, 1.807) is 20.5 Å². The van der Waals surface area contributed by atoms with Crippen LogP contribution in [-0.2, 0) is 13.0 Å². The fourth-order valence-electron chi connectivity index (χ4n) is 3.38. The summed E-state index contributed by atoms with van der Waals surface area (Å²) in [5.41, 5.74) is 4.87. The molecule has 0 aliphatic heterocycles. The molecular formula is C26H24N2O3. The first-order valence-electron chi connectivity index (χ1n) is 10.0. The molecule has 0 atom stereocenters. The maximum Gasteiger partial charge on any atom is 0.161 e. The summed E-state index contributed by atoms with van der Waals surface area (Å²) in [5, 5.41) is 0. The Bertz CT molecular complexity index is 1150. The first-order chi connectivity index (χ1) is 15.3. The molecule has 5 heteroatoms. The molecule has 0 aliphatic rings. The third kappa shape index (κ3) is 5.01. The predicted molar refractivity (Wildman–Crippen MR) is 121 cm³/mol. The minimum atomic E-state index is 0.491. The highest BCUT2D eigenvalue weighted by Gasteiger charge is 2.10. The summed E-state index contributed by atoms with van der Waals surface area (Å²) in [4.78, 5) is 8.87. The Morgan fingerprint density at radius 2 is 1.45 bits per heavy atom. The van der Waals surface area contributed by atoms with Crippen molar-refractivity contribution in [2.24, 2.45) is 0 Å². The van der Waals surface area contributed by atoms with Crippen molar-refractivity contribution in [1.29, 1.82) is 0 Å². The van der Waals surface area contributed by atoms with E-state index in [9.17, 15) is 0 Å². The van der Waals surface area contributed by atoms with Gasteiger partial charge < -0.3 is 14.2 Å². The molecule has 1 heterocycles. The number of nitrogens with zero attached hydrogens (tertiary/aromatic N) is 2. The smallest absolute Gasteiger partial charge is 0.161 e. The van der Waals surface area contributed by atoms with E-state index in [2.05, 4.69) is 9.97 Å². The van der Waals surface area contributed by atoms with Gasteiger partial charge in [-0.05, 0) is 41.5 Å². The van der Waals surface area contributed by atoms with Gasteiger partial charge >= 0.3 is 0 Å². The molecule has 0 bridgehead atoms. The molecule has 0 aliphatic carbocycles. The number of para-hydroxylation sites is 1. The van der Waals surface area contributed by atoms with Gasteiger partial charge in [-0.25, -0.2) is 9.97 Å². The van der Waals surface area contributed by atoms with Crippen molar-refractivity contribution in [3.05, 3.63) is 102 Å². The largest absolute Gasteiger partial charge is 0.496 e. The molecule has 0 amide bonds. The molecule has 0 saturated carbocycles. The lowest BCUT2D eigenvalue weighted by Gasteiger charge is -2.13. The van der Waals surface area contributed by atoms with E-state index >= 15 is 0 Å². The van der Waals surface area contributed by atoms with Gasteiger partial charge in [-0.15, -0.1) is 0 Å². The number of methoxy groups -OCH3 is 2. The first-order valence-corrected chi connectivity index (χ1v) is 10.0. The average Bonchev–Trinajstić information content (AvgIpc) is 2.84. The third-order valence-corrected chi connectivity index (χ3v) is 4.96. The molecule has 31 heavy (non-hydrogen) atoms. The molecule has 0 saturated heterocycles. The fourth-order valence-corrected chi connectivity index (χ4v) is 3.38. The van der Waals surface area contributed by atoms with Gasteiger partial charge in [-0.1, -0.05) is 48.5 Å². The summed E-state index contributed by atoms with van der Waals surface area (Å²) in [5.74, 6) is 2.20. The second-order valence-corrected chi connectivity index (χ2v) is 7.03. The lowest BCUT2D eigenvalue weighted by Crippen LogP contribution is -2.00. The van der Waals surface area contributed by atoms with Crippen LogP contribution in [0.4, 0.5) is 0 Å². The van der Waals surface area contributed by atoms with Crippen LogP contribution in [0.25, 0.3) is 11.3 Å². The van der Waals surface area contributed by atoms with Gasteiger partial charge in [0, 0.05) is 17.7 Å². The van der Waals surface area contributed by atoms with Crippen LogP contribution in [0.3, 0.4) is 0 Å². The van der Waals surface area contributed by atoms with Gasteiger partial charge in [0.15, 0.2) is 11.5 Å². The number of hydrogen-bond acceptors (Lipinski definition) is 5. The third-order valence-electron chi connectivity index (χ3n) is 4.96. The van der Waals surface area contributed by atoms with Crippen LogP contribution in [0.15, 0.2) is 85.2 Å². The van der Waals surface area contributed by atoms with Gasteiger partial charge in [0.05, 0.1) is 19.9 Å². The number of hydrogen-bond donors (Lipinski definition) is 0. The molecule has 0 N–H and O–H groups in total. The van der Waals surface area contributed by atoms with Gasteiger partial charge in [0.1, 0.15) is 18.7 Å². The topological polar surface area (TPSA) is 53.5 Å². The molecule has 4 rings (SSSR count). The lowest BCUT2D eigenvalue weighted by molar-refractivity contribution is 0.284. The van der Waals surface area contributed by atoms with E-state index in [1.165, 1.54) is 0 Å². The molecule has 5 nitrogen and oxygen atoms in total. The highest BCUT2D eigenvalue weighted by molar-refractivity contribution is 5.67. The van der Waals surface area contributed by atoms with Crippen LogP contribution in [0.1, 0.15) is 16.8 Å². The highest BCUT2D eigenvalue weighted by Crippen LogP contribution is 2.31. The van der Waals surface area contributed by atoms with Gasteiger partial charge in [0.2, 0.25) is 0 Å². The Morgan fingerprint density at radius 1 is 0.677 bits per heavy atom. The SMILES string of the molecule is COc1cc(Cc2cc(-c3ccccc3OC)ncn2)ccc1OCc1ccccc1. The van der Waals surface area contributed by atoms with Crippen molar-refractivity contribution in [3.8, 4) is 28.5 Å². The van der Waals surface area contributed by atoms with Crippen LogP contribution in [-0.4, -0.2) is 24.2 Å². The molecule has 3 aromatic carbocycles. The zero-order valence-corrected chi connectivity index (χ0v) is 17.6. The molecule has 0 unspecified atom stereocenters. The zero-order valence-electron chi connectivity index (χ0n) is 17.6. The minimum absolute atomic E-state index is 0.491. The number of rotatable bonds is 8. The van der Waals surface area contributed by atoms with E-state index in [1.807, 2.05) is 78.9 Å². The lowest BCUT2D eigenvalue weighted by atomic mass is 10.1. The Kier molecular flexibility index (Phi) is 6.43. The van der Waals surface area contributed by atoms with E-state index in [0.29, 0.717) is 24.5 Å². The maximum atomic E-state index is 5.96. The van der Waals surface area contributed by atoms with Crippen molar-refractivity contribution < 1.29 is 14.2 Å². The predicted octanol–water partition coefficient (Wildman–Crippen LogP) is 5.33. The van der Waals surface area contributed by atoms with Crippen LogP contribution in [0.2, 0.25) is 0 Å². The molecule has 1 aromatic heterocycles. The normalized spacial score (nSPS) is 10.5. The van der Waals surface area contributed by atoms with Crippen molar-refractivity contribution in [2.75, 3.05) is 14.2 Å². The molecule has 0 radical (unpaired) electrons. The van der Waals surface area contributed by atoms with Gasteiger partial charge in [0.25, 0.3) is 0 Å². The van der Waals surface area contributed by atoms with E-state index in [-0.39, 0.29) is 0 Å². The quantitative estimate of drug-likeness (QED) is 0.391. The van der Waals surface area contributed by atoms with Gasteiger partial charge in [-0.2, -0.15) is 0 Å². The maximum absolute atomic E-state index is 5.96. The molecule has 4 aromatic rings. The molecular weight excluding hydrogens is 388 g/mol. The minimum Gasteiger partial charge on any atom is -0.496 e. The molecule has 0 fully saturated rings. The monoisotopic (exact) mass is 412 g/mol. The second kappa shape index (κ2) is 9.76. The highest BCUT2D eigenvalue weighted by atomic mass is 16.5. The Hall–Kier alpha value is -3.86. The van der Waals surface area contributed by atoms with Gasteiger partial charge in [-0.3, -0.25) is 0 Å². The molecule has 156 valence electrons. The standard InChI is InChI=1S/C26H24N2O3/c1-29-24-11-7-6-10-22(24)23-16-21(27-18-28-23)14-20-12-13-25(26(15-20)30-2)31-17-19-8-4-3-5-9-19/h3-13,15-16,18H,14,17H2,1-2H3. The number of ether oxygens (including phenoxy) is 3. The Morgan fingerprint density at radius 3 is 2.26 bits per heavy atom. The summed E-state index contributed by atoms with van der Waals surface area (Å²) >= 11 is 0. The average molecular weight is 412 g/mol. The first kappa shape index (κ1) is 20.4. The van der Waals surface area contributed by atoms with Crippen molar-refractivity contribution in [1.82, 2.24) is 9.97 Å². The van der Waals surface area contributed by atoms with E-state index in [0.717, 1.165) is 33.8 Å². The van der Waals surface area contributed by atoms with Crippen molar-refractivity contribution in [2.45, 2.75) is 13.0 Å². The fraction of sp³-hybridized carbons (Fsp3) is 0.154. The zero-order chi connectivity index (χ0) is 21.5. The summed E-state index contributed by atoms with van der Waals surface area (Å²) < 4.78 is 17.0. The second-order valence-electron chi connectivity index (χ2n) is 7.03. The Balaban J connectivity index is 1.52. The van der Waals surface area contributed by atoms with Crippen LogP contribution in [0, 0.1) is 0 Å².